The van der Waals surface area contributed by atoms with Gasteiger partial charge in [-0.2, -0.15) is 0 Å². The van der Waals surface area contributed by atoms with E-state index >= 15 is 0 Å². The minimum atomic E-state index is 0.536. The summed E-state index contributed by atoms with van der Waals surface area (Å²) in [5.41, 5.74) is 14.4. The van der Waals surface area contributed by atoms with Gasteiger partial charge < -0.3 is 11.5 Å². The molecule has 12 heavy (non-hydrogen) atoms. The second-order valence-electron chi connectivity index (χ2n) is 2.64. The molecule has 2 nitrogen and oxygen atoms in total. The summed E-state index contributed by atoms with van der Waals surface area (Å²) in [6.45, 7) is 4.77. The molecule has 0 saturated carbocycles. The molecule has 0 unspecified atom stereocenters. The van der Waals surface area contributed by atoms with Crippen LogP contribution < -0.4 is 11.5 Å². The van der Waals surface area contributed by atoms with E-state index in [-0.39, 0.29) is 0 Å². The van der Waals surface area contributed by atoms with Crippen molar-refractivity contribution in [2.24, 2.45) is 11.5 Å². The van der Waals surface area contributed by atoms with Crippen LogP contribution in [-0.2, 0) is 13.1 Å². The van der Waals surface area contributed by atoms with Crippen LogP contribution in [0.25, 0.3) is 6.08 Å². The second kappa shape index (κ2) is 4.04. The summed E-state index contributed by atoms with van der Waals surface area (Å²) in [5.74, 6) is 0. The van der Waals surface area contributed by atoms with Crippen LogP contribution in [0.3, 0.4) is 0 Å². The summed E-state index contributed by atoms with van der Waals surface area (Å²) in [7, 11) is 0. The second-order valence-corrected chi connectivity index (χ2v) is 2.64. The van der Waals surface area contributed by atoms with Crippen LogP contribution in [-0.4, -0.2) is 0 Å². The highest BCUT2D eigenvalue weighted by atomic mass is 14.6. The third-order valence-corrected chi connectivity index (χ3v) is 1.91. The van der Waals surface area contributed by atoms with Crippen molar-refractivity contribution in [1.29, 1.82) is 0 Å². The highest BCUT2D eigenvalue weighted by molar-refractivity contribution is 5.49. The van der Waals surface area contributed by atoms with E-state index in [1.807, 2.05) is 18.2 Å². The van der Waals surface area contributed by atoms with E-state index in [2.05, 4.69) is 6.58 Å². The van der Waals surface area contributed by atoms with Gasteiger partial charge in [0.15, 0.2) is 0 Å². The lowest BCUT2D eigenvalue weighted by atomic mass is 10.0. The van der Waals surface area contributed by atoms with Crippen molar-refractivity contribution in [1.82, 2.24) is 0 Å². The van der Waals surface area contributed by atoms with Crippen LogP contribution in [0.4, 0.5) is 0 Å². The molecule has 0 amide bonds. The predicted molar refractivity (Wildman–Crippen MR) is 52.3 cm³/mol. The van der Waals surface area contributed by atoms with Gasteiger partial charge in [-0.05, 0) is 16.7 Å². The van der Waals surface area contributed by atoms with Crippen molar-refractivity contribution >= 4 is 6.08 Å². The Morgan fingerprint density at radius 2 is 1.83 bits per heavy atom. The average molecular weight is 162 g/mol. The lowest BCUT2D eigenvalue weighted by Gasteiger charge is -2.05. The summed E-state index contributed by atoms with van der Waals surface area (Å²) < 4.78 is 0. The van der Waals surface area contributed by atoms with Gasteiger partial charge in [-0.3, -0.25) is 0 Å². The van der Waals surface area contributed by atoms with Crippen molar-refractivity contribution in [3.63, 3.8) is 0 Å². The Morgan fingerprint density at radius 3 is 2.33 bits per heavy atom. The quantitative estimate of drug-likeness (QED) is 0.702. The zero-order chi connectivity index (χ0) is 8.97. The fourth-order valence-electron chi connectivity index (χ4n) is 1.16. The van der Waals surface area contributed by atoms with E-state index in [0.717, 1.165) is 16.7 Å². The van der Waals surface area contributed by atoms with Gasteiger partial charge in [-0.1, -0.05) is 30.9 Å². The van der Waals surface area contributed by atoms with Crippen LogP contribution in [0.5, 0.6) is 0 Å². The van der Waals surface area contributed by atoms with E-state index in [4.69, 9.17) is 11.5 Å². The van der Waals surface area contributed by atoms with Crippen LogP contribution in [0, 0.1) is 0 Å². The van der Waals surface area contributed by atoms with E-state index < -0.39 is 0 Å². The molecule has 4 N–H and O–H groups in total. The molecule has 0 fully saturated rings. The molecule has 0 aliphatic rings. The average Bonchev–Trinajstić information content (AvgIpc) is 2.16. The van der Waals surface area contributed by atoms with Gasteiger partial charge in [0.05, 0.1) is 0 Å². The highest BCUT2D eigenvalue weighted by Crippen LogP contribution is 2.11. The van der Waals surface area contributed by atoms with E-state index in [1.54, 1.807) is 6.08 Å². The predicted octanol–water partition coefficient (Wildman–Crippen LogP) is 1.25. The highest BCUT2D eigenvalue weighted by Gasteiger charge is 1.98. The standard InChI is InChI=1S/C10H14N2/c1-2-8-3-4-9(6-11)10(5-8)7-12/h2-5H,1,6-7,11-12H2. The van der Waals surface area contributed by atoms with Crippen LogP contribution >= 0.6 is 0 Å². The fourth-order valence-corrected chi connectivity index (χ4v) is 1.16. The molecule has 1 aromatic carbocycles. The smallest absolute Gasteiger partial charge is 0.0181 e. The molecule has 64 valence electrons. The van der Waals surface area contributed by atoms with E-state index in [9.17, 15) is 0 Å². The van der Waals surface area contributed by atoms with Gasteiger partial charge in [0.25, 0.3) is 0 Å². The van der Waals surface area contributed by atoms with Crippen molar-refractivity contribution in [2.75, 3.05) is 0 Å². The van der Waals surface area contributed by atoms with Crippen LogP contribution in [0.2, 0.25) is 0 Å². The Hall–Kier alpha value is -1.12. The molecule has 0 saturated heterocycles. The summed E-state index contributed by atoms with van der Waals surface area (Å²) in [6, 6.07) is 6.02. The lowest BCUT2D eigenvalue weighted by Crippen LogP contribution is -2.05. The Kier molecular flexibility index (Phi) is 3.02. The number of hydrogen-bond donors (Lipinski definition) is 2. The third kappa shape index (κ3) is 1.72. The largest absolute Gasteiger partial charge is 0.326 e. The SMILES string of the molecule is C=Cc1ccc(CN)c(CN)c1. The molecule has 1 rings (SSSR count). The molecular formula is C10H14N2. The first-order chi connectivity index (χ1) is 5.81. The summed E-state index contributed by atoms with van der Waals surface area (Å²) >= 11 is 0. The zero-order valence-corrected chi connectivity index (χ0v) is 7.09. The summed E-state index contributed by atoms with van der Waals surface area (Å²) in [6.07, 6.45) is 1.81. The molecule has 0 aromatic heterocycles. The first-order valence-electron chi connectivity index (χ1n) is 3.96. The zero-order valence-electron chi connectivity index (χ0n) is 7.09. The molecule has 0 bridgehead atoms. The maximum absolute atomic E-state index is 5.56. The van der Waals surface area contributed by atoms with Crippen molar-refractivity contribution < 1.29 is 0 Å². The van der Waals surface area contributed by atoms with E-state index in [0.29, 0.717) is 13.1 Å². The molecule has 1 aromatic rings. The summed E-state index contributed by atoms with van der Waals surface area (Å²) in [4.78, 5) is 0. The fraction of sp³-hybridized carbons (Fsp3) is 0.200. The van der Waals surface area contributed by atoms with Gasteiger partial charge in [0.2, 0.25) is 0 Å². The first-order valence-corrected chi connectivity index (χ1v) is 3.96. The number of rotatable bonds is 3. The lowest BCUT2D eigenvalue weighted by molar-refractivity contribution is 0.979. The van der Waals surface area contributed by atoms with Crippen molar-refractivity contribution in [3.8, 4) is 0 Å². The van der Waals surface area contributed by atoms with Gasteiger partial charge >= 0.3 is 0 Å². The molecular weight excluding hydrogens is 148 g/mol. The molecule has 0 aliphatic heterocycles. The molecule has 0 atom stereocenters. The Balaban J connectivity index is 3.10. The molecule has 2 heteroatoms. The molecule has 0 radical (unpaired) electrons. The van der Waals surface area contributed by atoms with Crippen LogP contribution in [0.1, 0.15) is 16.7 Å². The maximum atomic E-state index is 5.56. The summed E-state index contributed by atoms with van der Waals surface area (Å²) in [5, 5.41) is 0. The minimum Gasteiger partial charge on any atom is -0.326 e. The minimum absolute atomic E-state index is 0.536. The number of benzene rings is 1. The monoisotopic (exact) mass is 162 g/mol. The number of nitrogens with two attached hydrogens (primary N) is 2. The maximum Gasteiger partial charge on any atom is 0.0181 e. The third-order valence-electron chi connectivity index (χ3n) is 1.91. The van der Waals surface area contributed by atoms with Crippen molar-refractivity contribution in [2.45, 2.75) is 13.1 Å². The van der Waals surface area contributed by atoms with Gasteiger partial charge in [-0.25, -0.2) is 0 Å². The van der Waals surface area contributed by atoms with Crippen LogP contribution in [0.15, 0.2) is 24.8 Å². The van der Waals surface area contributed by atoms with Crippen molar-refractivity contribution in [3.05, 3.63) is 41.5 Å². The Labute approximate surface area is 72.9 Å². The van der Waals surface area contributed by atoms with Gasteiger partial charge in [0.1, 0.15) is 0 Å². The normalized spacial score (nSPS) is 9.83. The molecule has 0 heterocycles. The number of hydrogen-bond acceptors (Lipinski definition) is 2. The molecule has 0 aliphatic carbocycles. The Bertz CT molecular complexity index is 279. The topological polar surface area (TPSA) is 52.0 Å². The van der Waals surface area contributed by atoms with E-state index in [1.165, 1.54) is 0 Å². The molecule has 0 spiro atoms. The first kappa shape index (κ1) is 8.97. The van der Waals surface area contributed by atoms with Gasteiger partial charge in [0, 0.05) is 13.1 Å². The van der Waals surface area contributed by atoms with Gasteiger partial charge in [-0.15, -0.1) is 0 Å². The Morgan fingerprint density at radius 1 is 1.17 bits per heavy atom.